The van der Waals surface area contributed by atoms with E-state index in [4.69, 9.17) is 0 Å². The van der Waals surface area contributed by atoms with Crippen molar-refractivity contribution in [2.45, 2.75) is 39.2 Å². The van der Waals surface area contributed by atoms with Crippen molar-refractivity contribution in [2.24, 2.45) is 7.05 Å². The number of rotatable bonds is 2. The highest BCUT2D eigenvalue weighted by molar-refractivity contribution is 5.86. The van der Waals surface area contributed by atoms with Gasteiger partial charge in [-0.05, 0) is 57.4 Å². The molecule has 2 heteroatoms. The van der Waals surface area contributed by atoms with Crippen LogP contribution in [0.2, 0.25) is 0 Å². The van der Waals surface area contributed by atoms with Gasteiger partial charge >= 0.3 is 0 Å². The summed E-state index contributed by atoms with van der Waals surface area (Å²) in [4.78, 5) is 0. The summed E-state index contributed by atoms with van der Waals surface area (Å²) in [5, 5.41) is 5.06. The Balaban J connectivity index is 2.08. The fourth-order valence-corrected chi connectivity index (χ4v) is 3.20. The number of aromatic nitrogens is 1. The van der Waals surface area contributed by atoms with Crippen LogP contribution in [0.15, 0.2) is 18.2 Å². The summed E-state index contributed by atoms with van der Waals surface area (Å²) in [7, 11) is 2.18. The molecule has 1 atom stereocenters. The van der Waals surface area contributed by atoms with E-state index < -0.39 is 0 Å². The third kappa shape index (κ3) is 1.85. The Morgan fingerprint density at radius 3 is 2.89 bits per heavy atom. The van der Waals surface area contributed by atoms with Crippen molar-refractivity contribution in [3.63, 3.8) is 0 Å². The topological polar surface area (TPSA) is 17.0 Å². The Kier molecular flexibility index (Phi) is 2.90. The van der Waals surface area contributed by atoms with Gasteiger partial charge in [0, 0.05) is 29.7 Å². The first kappa shape index (κ1) is 11.8. The summed E-state index contributed by atoms with van der Waals surface area (Å²) >= 11 is 0. The molecule has 2 heterocycles. The summed E-state index contributed by atoms with van der Waals surface area (Å²) < 4.78 is 2.33. The van der Waals surface area contributed by atoms with E-state index in [0.29, 0.717) is 6.04 Å². The molecule has 0 amide bonds. The minimum atomic E-state index is 0.676. The fourth-order valence-electron chi connectivity index (χ4n) is 3.20. The number of hydrogen-bond acceptors (Lipinski definition) is 1. The molecule has 1 fully saturated rings. The monoisotopic (exact) mass is 242 g/mol. The first-order chi connectivity index (χ1) is 8.66. The van der Waals surface area contributed by atoms with Gasteiger partial charge in [0.2, 0.25) is 0 Å². The highest BCUT2D eigenvalue weighted by atomic mass is 15.0. The number of nitrogens with one attached hydrogen (secondary N) is 1. The molecule has 1 aromatic carbocycles. The molecule has 3 rings (SSSR count). The third-order valence-electron chi connectivity index (χ3n) is 4.39. The molecule has 18 heavy (non-hydrogen) atoms. The van der Waals surface area contributed by atoms with E-state index in [0.717, 1.165) is 0 Å². The van der Waals surface area contributed by atoms with E-state index in [1.807, 2.05) is 0 Å². The summed E-state index contributed by atoms with van der Waals surface area (Å²) in [6.45, 7) is 5.62. The van der Waals surface area contributed by atoms with Crippen LogP contribution in [0.4, 0.5) is 0 Å². The molecule has 2 nitrogen and oxygen atoms in total. The fraction of sp³-hybridized carbons (Fsp3) is 0.500. The molecule has 2 aromatic rings. The smallest absolute Gasteiger partial charge is 0.0482 e. The molecule has 1 aliphatic rings. The highest BCUT2D eigenvalue weighted by Crippen LogP contribution is 2.28. The normalized spacial score (nSPS) is 19.8. The van der Waals surface area contributed by atoms with Crippen molar-refractivity contribution < 1.29 is 0 Å². The maximum atomic E-state index is 3.61. The van der Waals surface area contributed by atoms with Gasteiger partial charge in [0.1, 0.15) is 0 Å². The maximum Gasteiger partial charge on any atom is 0.0482 e. The minimum Gasteiger partial charge on any atom is -0.348 e. The first-order valence-electron chi connectivity index (χ1n) is 6.94. The number of nitrogens with zero attached hydrogens (tertiary/aromatic N) is 1. The summed E-state index contributed by atoms with van der Waals surface area (Å²) in [5.41, 5.74) is 5.68. The van der Waals surface area contributed by atoms with Crippen molar-refractivity contribution in [3.05, 3.63) is 35.0 Å². The lowest BCUT2D eigenvalue weighted by molar-refractivity contribution is 0.602. The van der Waals surface area contributed by atoms with E-state index in [-0.39, 0.29) is 0 Å². The number of hydrogen-bond donors (Lipinski definition) is 1. The Bertz CT molecular complexity index is 574. The molecule has 0 spiro atoms. The van der Waals surface area contributed by atoms with Crippen molar-refractivity contribution in [1.29, 1.82) is 0 Å². The first-order valence-corrected chi connectivity index (χ1v) is 6.94. The zero-order valence-electron chi connectivity index (χ0n) is 11.6. The molecule has 1 aromatic heterocycles. The molecule has 1 saturated heterocycles. The van der Waals surface area contributed by atoms with E-state index in [2.05, 4.69) is 49.0 Å². The minimum absolute atomic E-state index is 0.676. The molecule has 0 saturated carbocycles. The van der Waals surface area contributed by atoms with Crippen LogP contribution in [0.3, 0.4) is 0 Å². The number of aryl methyl sites for hydroxylation is 2. The van der Waals surface area contributed by atoms with Crippen LogP contribution in [0.5, 0.6) is 0 Å². The number of fused-ring (bicyclic) bond motifs is 1. The van der Waals surface area contributed by atoms with Crippen LogP contribution in [0.1, 0.15) is 29.7 Å². The molecule has 1 unspecified atom stereocenters. The molecule has 96 valence electrons. The van der Waals surface area contributed by atoms with Gasteiger partial charge in [-0.25, -0.2) is 0 Å². The van der Waals surface area contributed by atoms with Gasteiger partial charge in [0.15, 0.2) is 0 Å². The van der Waals surface area contributed by atoms with E-state index >= 15 is 0 Å². The van der Waals surface area contributed by atoms with Crippen molar-refractivity contribution in [3.8, 4) is 0 Å². The van der Waals surface area contributed by atoms with Gasteiger partial charge in [0.05, 0.1) is 0 Å². The van der Waals surface area contributed by atoms with Crippen LogP contribution >= 0.6 is 0 Å². The van der Waals surface area contributed by atoms with Crippen molar-refractivity contribution in [1.82, 2.24) is 9.88 Å². The van der Waals surface area contributed by atoms with Crippen LogP contribution in [-0.4, -0.2) is 17.2 Å². The van der Waals surface area contributed by atoms with Crippen LogP contribution in [0, 0.1) is 13.8 Å². The van der Waals surface area contributed by atoms with Gasteiger partial charge < -0.3 is 9.88 Å². The maximum absolute atomic E-state index is 3.61. The predicted octanol–water partition coefficient (Wildman–Crippen LogP) is 3.09. The molecule has 1 N–H and O–H groups in total. The van der Waals surface area contributed by atoms with Gasteiger partial charge in [-0.2, -0.15) is 0 Å². The second-order valence-electron chi connectivity index (χ2n) is 5.64. The highest BCUT2D eigenvalue weighted by Gasteiger charge is 2.19. The van der Waals surface area contributed by atoms with Gasteiger partial charge in [-0.15, -0.1) is 0 Å². The predicted molar refractivity (Wildman–Crippen MR) is 77.1 cm³/mol. The van der Waals surface area contributed by atoms with Gasteiger partial charge in [-0.3, -0.25) is 0 Å². The zero-order chi connectivity index (χ0) is 12.7. The molecule has 0 radical (unpaired) electrons. The lowest BCUT2D eigenvalue weighted by Crippen LogP contribution is -2.23. The average Bonchev–Trinajstić information content (AvgIpc) is 2.93. The lowest BCUT2D eigenvalue weighted by atomic mass is 10.0. The average molecular weight is 242 g/mol. The van der Waals surface area contributed by atoms with Crippen LogP contribution in [-0.2, 0) is 13.5 Å². The van der Waals surface area contributed by atoms with Crippen molar-refractivity contribution >= 4 is 10.9 Å². The Morgan fingerprint density at radius 1 is 1.33 bits per heavy atom. The van der Waals surface area contributed by atoms with E-state index in [1.165, 1.54) is 53.5 Å². The van der Waals surface area contributed by atoms with Crippen molar-refractivity contribution in [2.75, 3.05) is 6.54 Å². The van der Waals surface area contributed by atoms with Gasteiger partial charge in [-0.1, -0.05) is 11.6 Å². The number of benzene rings is 1. The second kappa shape index (κ2) is 4.43. The van der Waals surface area contributed by atoms with Crippen LogP contribution < -0.4 is 5.32 Å². The standard InChI is InChI=1S/C16H22N2/c1-11-6-7-16-15(9-11)14(12(2)18(16)3)10-13-5-4-8-17-13/h6-7,9,13,17H,4-5,8,10H2,1-3H3. The Labute approximate surface area is 109 Å². The molecular weight excluding hydrogens is 220 g/mol. The van der Waals surface area contributed by atoms with Crippen LogP contribution in [0.25, 0.3) is 10.9 Å². The molecule has 0 bridgehead atoms. The second-order valence-corrected chi connectivity index (χ2v) is 5.64. The SMILES string of the molecule is Cc1ccc2c(c1)c(CC1CCCN1)c(C)n2C. The summed E-state index contributed by atoms with van der Waals surface area (Å²) in [5.74, 6) is 0. The summed E-state index contributed by atoms with van der Waals surface area (Å²) in [6, 6.07) is 7.48. The zero-order valence-corrected chi connectivity index (χ0v) is 11.6. The van der Waals surface area contributed by atoms with E-state index in [1.54, 1.807) is 0 Å². The third-order valence-corrected chi connectivity index (χ3v) is 4.39. The molecular formula is C16H22N2. The molecule has 1 aliphatic heterocycles. The quantitative estimate of drug-likeness (QED) is 0.856. The largest absolute Gasteiger partial charge is 0.348 e. The summed E-state index contributed by atoms with van der Waals surface area (Å²) in [6.07, 6.45) is 3.82. The van der Waals surface area contributed by atoms with E-state index in [9.17, 15) is 0 Å². The van der Waals surface area contributed by atoms with Gasteiger partial charge in [0.25, 0.3) is 0 Å². The Hall–Kier alpha value is -1.28. The molecule has 0 aliphatic carbocycles. The lowest BCUT2D eigenvalue weighted by Gasteiger charge is -2.10. The Morgan fingerprint density at radius 2 is 2.17 bits per heavy atom.